The Morgan fingerprint density at radius 1 is 1.41 bits per heavy atom. The summed E-state index contributed by atoms with van der Waals surface area (Å²) in [5.74, 6) is -0.176. The molecule has 6 heteroatoms. The molecule has 94 valence electrons. The fraction of sp³-hybridized carbons (Fsp3) is 0.545. The molecule has 0 aromatic carbocycles. The molecular formula is C11H18N4O2. The SMILES string of the molecule is N[C@@H](CCCCNCc1ncccn1)C(=O)O. The Kier molecular flexibility index (Phi) is 6.13. The van der Waals surface area contributed by atoms with Crippen LogP contribution in [0.15, 0.2) is 18.5 Å². The molecule has 1 aromatic heterocycles. The fourth-order valence-corrected chi connectivity index (χ4v) is 1.36. The highest BCUT2D eigenvalue weighted by Gasteiger charge is 2.09. The summed E-state index contributed by atoms with van der Waals surface area (Å²) in [4.78, 5) is 18.6. The number of carboxylic acid groups (broad SMARTS) is 1. The van der Waals surface area contributed by atoms with Crippen LogP contribution in [0.1, 0.15) is 25.1 Å². The van der Waals surface area contributed by atoms with Crippen molar-refractivity contribution in [1.29, 1.82) is 0 Å². The number of nitrogens with two attached hydrogens (primary N) is 1. The van der Waals surface area contributed by atoms with E-state index in [2.05, 4.69) is 15.3 Å². The summed E-state index contributed by atoms with van der Waals surface area (Å²) in [6.45, 7) is 1.44. The zero-order valence-corrected chi connectivity index (χ0v) is 9.67. The van der Waals surface area contributed by atoms with Crippen molar-refractivity contribution in [2.75, 3.05) is 6.54 Å². The van der Waals surface area contributed by atoms with Crippen molar-refractivity contribution in [3.8, 4) is 0 Å². The van der Waals surface area contributed by atoms with Gasteiger partial charge in [0, 0.05) is 12.4 Å². The minimum Gasteiger partial charge on any atom is -0.480 e. The van der Waals surface area contributed by atoms with Crippen molar-refractivity contribution in [2.24, 2.45) is 5.73 Å². The number of aromatic nitrogens is 2. The van der Waals surface area contributed by atoms with Gasteiger partial charge in [-0.2, -0.15) is 0 Å². The van der Waals surface area contributed by atoms with Crippen LogP contribution in [-0.2, 0) is 11.3 Å². The molecule has 0 saturated heterocycles. The number of rotatable bonds is 8. The predicted molar refractivity (Wildman–Crippen MR) is 63.2 cm³/mol. The second-order valence-electron chi connectivity index (χ2n) is 3.78. The Morgan fingerprint density at radius 2 is 2.12 bits per heavy atom. The van der Waals surface area contributed by atoms with E-state index in [0.717, 1.165) is 25.2 Å². The normalized spacial score (nSPS) is 12.3. The molecule has 0 spiro atoms. The molecule has 6 nitrogen and oxygen atoms in total. The maximum absolute atomic E-state index is 10.4. The first kappa shape index (κ1) is 13.5. The predicted octanol–water partition coefficient (Wildman–Crippen LogP) is 0.148. The molecule has 0 unspecified atom stereocenters. The lowest BCUT2D eigenvalue weighted by atomic mass is 10.1. The third-order valence-electron chi connectivity index (χ3n) is 2.34. The summed E-state index contributed by atoms with van der Waals surface area (Å²) in [6, 6.07) is 1.03. The molecule has 17 heavy (non-hydrogen) atoms. The maximum Gasteiger partial charge on any atom is 0.320 e. The number of unbranched alkanes of at least 4 members (excludes halogenated alkanes) is 1. The van der Waals surface area contributed by atoms with E-state index < -0.39 is 12.0 Å². The summed E-state index contributed by atoms with van der Waals surface area (Å²) in [6.07, 6.45) is 5.62. The first-order chi connectivity index (χ1) is 8.20. The lowest BCUT2D eigenvalue weighted by Gasteiger charge is -2.06. The first-order valence-corrected chi connectivity index (χ1v) is 5.65. The quantitative estimate of drug-likeness (QED) is 0.557. The topological polar surface area (TPSA) is 101 Å². The highest BCUT2D eigenvalue weighted by molar-refractivity contribution is 5.72. The minimum atomic E-state index is -0.935. The van der Waals surface area contributed by atoms with Gasteiger partial charge in [0.15, 0.2) is 0 Å². The van der Waals surface area contributed by atoms with Gasteiger partial charge in [0.1, 0.15) is 11.9 Å². The van der Waals surface area contributed by atoms with Crippen LogP contribution in [0.25, 0.3) is 0 Å². The van der Waals surface area contributed by atoms with Crippen molar-refractivity contribution >= 4 is 5.97 Å². The standard InChI is InChI=1S/C11H18N4O2/c12-9(11(16)17)4-1-2-5-13-8-10-14-6-3-7-15-10/h3,6-7,9,13H,1-2,4-5,8,12H2,(H,16,17)/t9-/m0/s1. The smallest absolute Gasteiger partial charge is 0.320 e. The van der Waals surface area contributed by atoms with E-state index in [1.165, 1.54) is 0 Å². The molecule has 0 saturated carbocycles. The van der Waals surface area contributed by atoms with E-state index in [-0.39, 0.29) is 0 Å². The van der Waals surface area contributed by atoms with Crippen LogP contribution in [0.5, 0.6) is 0 Å². The summed E-state index contributed by atoms with van der Waals surface area (Å²) < 4.78 is 0. The minimum absolute atomic E-state index is 0.513. The van der Waals surface area contributed by atoms with Gasteiger partial charge in [0.25, 0.3) is 0 Å². The Morgan fingerprint density at radius 3 is 2.76 bits per heavy atom. The van der Waals surface area contributed by atoms with E-state index in [0.29, 0.717) is 13.0 Å². The fourth-order valence-electron chi connectivity index (χ4n) is 1.36. The van der Waals surface area contributed by atoms with Crippen molar-refractivity contribution in [3.05, 3.63) is 24.3 Å². The number of nitrogens with zero attached hydrogens (tertiary/aromatic N) is 2. The van der Waals surface area contributed by atoms with Crippen LogP contribution >= 0.6 is 0 Å². The summed E-state index contributed by atoms with van der Waals surface area (Å²) >= 11 is 0. The molecule has 0 aliphatic rings. The zero-order chi connectivity index (χ0) is 12.5. The summed E-state index contributed by atoms with van der Waals surface area (Å²) in [5, 5.41) is 11.8. The zero-order valence-electron chi connectivity index (χ0n) is 9.67. The summed E-state index contributed by atoms with van der Waals surface area (Å²) in [7, 11) is 0. The van der Waals surface area contributed by atoms with Crippen LogP contribution in [0, 0.1) is 0 Å². The maximum atomic E-state index is 10.4. The monoisotopic (exact) mass is 238 g/mol. The molecule has 0 aliphatic heterocycles. The molecule has 0 amide bonds. The number of nitrogens with one attached hydrogen (secondary N) is 1. The van der Waals surface area contributed by atoms with Crippen molar-refractivity contribution in [2.45, 2.75) is 31.8 Å². The third kappa shape index (κ3) is 5.94. The lowest BCUT2D eigenvalue weighted by Crippen LogP contribution is -2.30. The van der Waals surface area contributed by atoms with Gasteiger partial charge in [-0.3, -0.25) is 4.79 Å². The largest absolute Gasteiger partial charge is 0.480 e. The van der Waals surface area contributed by atoms with E-state index >= 15 is 0 Å². The van der Waals surface area contributed by atoms with Crippen LogP contribution in [0.4, 0.5) is 0 Å². The number of carbonyl (C=O) groups is 1. The van der Waals surface area contributed by atoms with E-state index in [4.69, 9.17) is 10.8 Å². The number of hydrogen-bond donors (Lipinski definition) is 3. The van der Waals surface area contributed by atoms with Crippen molar-refractivity contribution in [3.63, 3.8) is 0 Å². The van der Waals surface area contributed by atoms with Gasteiger partial charge < -0.3 is 16.2 Å². The molecule has 0 fully saturated rings. The number of aliphatic carboxylic acids is 1. The number of hydrogen-bond acceptors (Lipinski definition) is 5. The first-order valence-electron chi connectivity index (χ1n) is 5.65. The molecule has 1 atom stereocenters. The highest BCUT2D eigenvalue weighted by Crippen LogP contribution is 1.98. The van der Waals surface area contributed by atoms with E-state index in [1.54, 1.807) is 18.5 Å². The average molecular weight is 238 g/mol. The molecule has 1 rings (SSSR count). The molecule has 1 aromatic rings. The van der Waals surface area contributed by atoms with Gasteiger partial charge in [-0.1, -0.05) is 6.42 Å². The molecule has 0 bridgehead atoms. The van der Waals surface area contributed by atoms with E-state index in [1.807, 2.05) is 0 Å². The molecule has 1 heterocycles. The Hall–Kier alpha value is -1.53. The molecule has 4 N–H and O–H groups in total. The van der Waals surface area contributed by atoms with Crippen LogP contribution in [0.3, 0.4) is 0 Å². The van der Waals surface area contributed by atoms with Gasteiger partial charge in [-0.25, -0.2) is 9.97 Å². The van der Waals surface area contributed by atoms with E-state index in [9.17, 15) is 4.79 Å². The second-order valence-corrected chi connectivity index (χ2v) is 3.78. The Labute approximate surface area is 100 Å². The highest BCUT2D eigenvalue weighted by atomic mass is 16.4. The van der Waals surface area contributed by atoms with Gasteiger partial charge >= 0.3 is 5.97 Å². The van der Waals surface area contributed by atoms with Crippen LogP contribution < -0.4 is 11.1 Å². The number of carboxylic acids is 1. The van der Waals surface area contributed by atoms with Crippen molar-refractivity contribution < 1.29 is 9.90 Å². The van der Waals surface area contributed by atoms with Crippen molar-refractivity contribution in [1.82, 2.24) is 15.3 Å². The molecule has 0 radical (unpaired) electrons. The van der Waals surface area contributed by atoms with Gasteiger partial charge in [-0.05, 0) is 25.5 Å². The lowest BCUT2D eigenvalue weighted by molar-refractivity contribution is -0.138. The second kappa shape index (κ2) is 7.70. The Balaban J connectivity index is 2.00. The van der Waals surface area contributed by atoms with Gasteiger partial charge in [0.05, 0.1) is 6.54 Å². The molecule has 0 aliphatic carbocycles. The van der Waals surface area contributed by atoms with Gasteiger partial charge in [0.2, 0.25) is 0 Å². The Bertz CT molecular complexity index is 332. The summed E-state index contributed by atoms with van der Waals surface area (Å²) in [5.41, 5.74) is 5.38. The third-order valence-corrected chi connectivity index (χ3v) is 2.34. The van der Waals surface area contributed by atoms with Crippen LogP contribution in [-0.4, -0.2) is 33.6 Å². The molecular weight excluding hydrogens is 220 g/mol. The van der Waals surface area contributed by atoms with Crippen LogP contribution in [0.2, 0.25) is 0 Å². The van der Waals surface area contributed by atoms with Gasteiger partial charge in [-0.15, -0.1) is 0 Å². The average Bonchev–Trinajstić information content (AvgIpc) is 2.34.